The zero-order valence-corrected chi connectivity index (χ0v) is 47.6. The van der Waals surface area contributed by atoms with Crippen molar-refractivity contribution in [2.75, 3.05) is 0 Å². The number of benzene rings is 6. The molecule has 0 saturated carbocycles. The Morgan fingerprint density at radius 2 is 0.775 bits per heavy atom. The van der Waals surface area contributed by atoms with Crippen molar-refractivity contribution in [2.45, 2.75) is 139 Å². The van der Waals surface area contributed by atoms with Crippen LogP contribution in [0, 0.1) is 6.92 Å². The number of carboxylic acids is 3. The van der Waals surface area contributed by atoms with Crippen molar-refractivity contribution in [3.63, 3.8) is 0 Å². The normalized spacial score (nSPS) is 14.0. The molecule has 0 bridgehead atoms. The summed E-state index contributed by atoms with van der Waals surface area (Å²) in [6.45, 7) is 1.88. The molecule has 80 heavy (non-hydrogen) atoms. The van der Waals surface area contributed by atoms with E-state index in [1.807, 2.05) is 97.9 Å². The number of aliphatic carboxylic acids is 3. The molecule has 0 aliphatic rings. The van der Waals surface area contributed by atoms with Gasteiger partial charge in [-0.3, -0.25) is 14.4 Å². The van der Waals surface area contributed by atoms with Gasteiger partial charge in [0, 0.05) is 24.3 Å². The van der Waals surface area contributed by atoms with Crippen molar-refractivity contribution in [1.29, 1.82) is 0 Å². The highest BCUT2D eigenvalue weighted by molar-refractivity contribution is 7.92. The number of sulfone groups is 3. The summed E-state index contributed by atoms with van der Waals surface area (Å²) in [5.41, 5.74) is 3.75. The SMILES string of the molecule is Cc1ccc(S(=O)(=O)C(CCc2ccccc2)C(O)CCCC(=O)O)cc1.O=C(O)CCCC(O)C(/C=C/c1ccccc1)S(=O)(=O)c1ccccc1.O=C(O)CCCC(O)C(CCc1ccccc1)S(=O)(=O)c1ccc(Cl)cc1. The number of carbonyl (C=O) groups is 3. The van der Waals surface area contributed by atoms with Gasteiger partial charge in [0.25, 0.3) is 0 Å². The predicted molar refractivity (Wildman–Crippen MR) is 309 cm³/mol. The molecule has 6 aromatic rings. The van der Waals surface area contributed by atoms with Gasteiger partial charge in [0.1, 0.15) is 5.25 Å². The van der Waals surface area contributed by atoms with Crippen molar-refractivity contribution in [2.24, 2.45) is 0 Å². The Morgan fingerprint density at radius 1 is 0.438 bits per heavy atom. The lowest BCUT2D eigenvalue weighted by atomic mass is 10.0. The Labute approximate surface area is 475 Å². The van der Waals surface area contributed by atoms with E-state index in [0.29, 0.717) is 17.9 Å². The first-order chi connectivity index (χ1) is 38.0. The summed E-state index contributed by atoms with van der Waals surface area (Å²) in [5, 5.41) is 55.2. The number of aliphatic hydroxyl groups excluding tert-OH is 3. The molecule has 6 N–H and O–H groups in total. The Balaban J connectivity index is 0.000000258. The third kappa shape index (κ3) is 22.2. The van der Waals surface area contributed by atoms with Crippen LogP contribution in [0.25, 0.3) is 6.08 Å². The first kappa shape index (κ1) is 66.0. The minimum Gasteiger partial charge on any atom is -0.481 e. The molecule has 0 aromatic heterocycles. The van der Waals surface area contributed by atoms with Gasteiger partial charge in [-0.15, -0.1) is 0 Å². The van der Waals surface area contributed by atoms with Gasteiger partial charge in [0.15, 0.2) is 29.5 Å². The summed E-state index contributed by atoms with van der Waals surface area (Å²) < 4.78 is 78.4. The van der Waals surface area contributed by atoms with E-state index in [2.05, 4.69) is 0 Å². The average molecular weight is 1180 g/mol. The fourth-order valence-corrected chi connectivity index (χ4v) is 14.1. The van der Waals surface area contributed by atoms with E-state index in [-0.39, 0.29) is 85.3 Å². The maximum atomic E-state index is 13.1. The third-order valence-corrected chi connectivity index (χ3v) is 19.9. The van der Waals surface area contributed by atoms with E-state index in [9.17, 15) is 55.0 Å². The van der Waals surface area contributed by atoms with E-state index >= 15 is 0 Å². The summed E-state index contributed by atoms with van der Waals surface area (Å²) in [7, 11) is -11.3. The number of aliphatic hydroxyl groups is 3. The molecule has 0 aliphatic heterocycles. The van der Waals surface area contributed by atoms with Crippen molar-refractivity contribution in [1.82, 2.24) is 0 Å². The van der Waals surface area contributed by atoms with Crippen molar-refractivity contribution in [3.05, 3.63) is 203 Å². The molecule has 430 valence electrons. The number of aryl methyl sites for hydroxylation is 3. The molecule has 0 aliphatic carbocycles. The van der Waals surface area contributed by atoms with Crippen molar-refractivity contribution in [3.8, 4) is 0 Å². The van der Waals surface area contributed by atoms with Crippen LogP contribution in [-0.4, -0.2) is 108 Å². The van der Waals surface area contributed by atoms with Crippen LogP contribution in [0.1, 0.15) is 92.9 Å². The molecular formula is C61H71ClO15S3. The smallest absolute Gasteiger partial charge is 0.303 e. The van der Waals surface area contributed by atoms with Crippen LogP contribution in [0.5, 0.6) is 0 Å². The Kier molecular flexibility index (Phi) is 27.5. The molecule has 0 radical (unpaired) electrons. The van der Waals surface area contributed by atoms with E-state index in [4.69, 9.17) is 26.9 Å². The van der Waals surface area contributed by atoms with Crippen LogP contribution in [0.15, 0.2) is 191 Å². The van der Waals surface area contributed by atoms with E-state index in [0.717, 1.165) is 22.3 Å². The quantitative estimate of drug-likeness (QED) is 0.0255. The standard InChI is InChI=1S/C21H26O5S.C20H23ClO5S.C20H22O5S/c1-16-10-13-18(14-11-16)27(25,26)20(19(22)8-5-9-21(23)24)15-12-17-6-3-2-4-7-17;21-16-10-12-17(13-11-16)27(25,26)19(18(22)7-4-8-20(23)24)14-9-15-5-2-1-3-6-15;21-18(12-7-13-20(22)23)19(15-14-16-8-3-1-4-9-16)26(24,25)17-10-5-2-6-11-17/h2-4,6-7,10-11,13-14,19-20,22H,5,8-9,12,15H2,1H3,(H,23,24);1-3,5-6,10-13,18-19,22H,4,7-9,14H2,(H,23,24);1-6,8-11,14-15,18-19,21H,7,12-13H2,(H,22,23)/b;;15-14+. The second kappa shape index (κ2) is 33.3. The van der Waals surface area contributed by atoms with Gasteiger partial charge in [0.05, 0.1) is 43.5 Å². The highest BCUT2D eigenvalue weighted by Crippen LogP contribution is 2.28. The predicted octanol–water partition coefficient (Wildman–Crippen LogP) is 10.3. The summed E-state index contributed by atoms with van der Waals surface area (Å²) in [5.74, 6) is -2.90. The molecule has 0 saturated heterocycles. The third-order valence-electron chi connectivity index (χ3n) is 13.0. The zero-order valence-electron chi connectivity index (χ0n) is 44.4. The van der Waals surface area contributed by atoms with Gasteiger partial charge in [-0.25, -0.2) is 25.3 Å². The van der Waals surface area contributed by atoms with Crippen LogP contribution in [-0.2, 0) is 56.7 Å². The van der Waals surface area contributed by atoms with E-state index in [1.54, 1.807) is 48.5 Å². The molecule has 6 rings (SSSR count). The van der Waals surface area contributed by atoms with E-state index < -0.39 is 81.5 Å². The Morgan fingerprint density at radius 3 is 1.16 bits per heavy atom. The first-order valence-corrected chi connectivity index (χ1v) is 31.1. The largest absolute Gasteiger partial charge is 0.481 e. The van der Waals surface area contributed by atoms with Gasteiger partial charge in [-0.2, -0.15) is 0 Å². The summed E-state index contributed by atoms with van der Waals surface area (Å²) in [4.78, 5) is 32.5. The van der Waals surface area contributed by atoms with Crippen molar-refractivity contribution < 1.29 is 70.3 Å². The molecule has 0 heterocycles. The number of hydrogen-bond donors (Lipinski definition) is 6. The van der Waals surface area contributed by atoms with Gasteiger partial charge >= 0.3 is 17.9 Å². The summed E-state index contributed by atoms with van der Waals surface area (Å²) in [6, 6.07) is 48.6. The number of hydrogen-bond acceptors (Lipinski definition) is 12. The molecule has 15 nitrogen and oxygen atoms in total. The summed E-state index contributed by atoms with van der Waals surface area (Å²) >= 11 is 5.84. The number of carboxylic acid groups (broad SMARTS) is 3. The molecular weight excluding hydrogens is 1100 g/mol. The maximum absolute atomic E-state index is 13.1. The van der Waals surface area contributed by atoms with Gasteiger partial charge in [-0.1, -0.05) is 151 Å². The molecule has 6 atom stereocenters. The molecule has 0 amide bonds. The fourth-order valence-electron chi connectivity index (χ4n) is 8.62. The highest BCUT2D eigenvalue weighted by Gasteiger charge is 2.35. The molecule has 19 heteroatoms. The van der Waals surface area contributed by atoms with Gasteiger partial charge in [0.2, 0.25) is 0 Å². The molecule has 0 fully saturated rings. The second-order valence-corrected chi connectivity index (χ2v) is 26.0. The van der Waals surface area contributed by atoms with Crippen molar-refractivity contribution >= 4 is 65.1 Å². The first-order valence-electron chi connectivity index (χ1n) is 26.1. The summed E-state index contributed by atoms with van der Waals surface area (Å²) in [6.07, 6.45) is 1.89. The van der Waals surface area contributed by atoms with Gasteiger partial charge < -0.3 is 30.6 Å². The van der Waals surface area contributed by atoms with Gasteiger partial charge in [-0.05, 0) is 136 Å². The van der Waals surface area contributed by atoms with Crippen LogP contribution < -0.4 is 0 Å². The van der Waals surface area contributed by atoms with E-state index in [1.165, 1.54) is 42.5 Å². The van der Waals surface area contributed by atoms with Crippen LogP contribution in [0.4, 0.5) is 0 Å². The number of rotatable bonds is 29. The Hall–Kier alpha value is -6.51. The van der Waals surface area contributed by atoms with Crippen LogP contribution in [0.3, 0.4) is 0 Å². The fraction of sp³-hybridized carbons (Fsp3) is 0.328. The minimum atomic E-state index is -3.81. The molecule has 6 unspecified atom stereocenters. The zero-order chi connectivity index (χ0) is 58.7. The number of halogens is 1. The average Bonchev–Trinajstić information content (AvgIpc) is 3.45. The lowest BCUT2D eigenvalue weighted by Crippen LogP contribution is -2.35. The topological polar surface area (TPSA) is 275 Å². The van der Waals surface area contributed by atoms with Crippen LogP contribution in [0.2, 0.25) is 5.02 Å². The molecule has 6 aromatic carbocycles. The van der Waals surface area contributed by atoms with Crippen LogP contribution >= 0.6 is 11.6 Å². The molecule has 0 spiro atoms. The lowest BCUT2D eigenvalue weighted by molar-refractivity contribution is -0.138. The minimum absolute atomic E-state index is 0.0855. The highest BCUT2D eigenvalue weighted by atomic mass is 35.5. The maximum Gasteiger partial charge on any atom is 0.303 e. The Bertz CT molecular complexity index is 3040. The monoisotopic (exact) mass is 1170 g/mol. The second-order valence-electron chi connectivity index (χ2n) is 19.1. The lowest BCUT2D eigenvalue weighted by Gasteiger charge is -2.23.